The fraction of sp³-hybridized carbons (Fsp3) is 0. The van der Waals surface area contributed by atoms with Crippen LogP contribution >= 0.6 is 36.1 Å². The average Bonchev–Trinajstić information content (AvgIpc) is 1.81. The van der Waals surface area contributed by atoms with Crippen molar-refractivity contribution < 1.29 is 36.9 Å². The van der Waals surface area contributed by atoms with Gasteiger partial charge in [-0.25, -0.2) is 23.7 Å². The van der Waals surface area contributed by atoms with Crippen molar-refractivity contribution in [3.8, 4) is 0 Å². The van der Waals surface area contributed by atoms with E-state index in [1.807, 2.05) is 0 Å². The Hall–Kier alpha value is 1.47. The van der Waals surface area contributed by atoms with Gasteiger partial charge in [-0.2, -0.15) is 0 Å². The summed E-state index contributed by atoms with van der Waals surface area (Å²) in [6.45, 7) is 0. The van der Waals surface area contributed by atoms with Crippen LogP contribution in [0.5, 0.6) is 0 Å². The van der Waals surface area contributed by atoms with Crippen molar-refractivity contribution in [3.63, 3.8) is 0 Å². The van der Waals surface area contributed by atoms with Gasteiger partial charge < -0.3 is 9.32 Å². The van der Waals surface area contributed by atoms with Crippen LogP contribution in [0, 0.1) is 0 Å². The van der Waals surface area contributed by atoms with Crippen LogP contribution in [0.1, 0.15) is 0 Å². The molecule has 0 radical (unpaired) electrons. The first-order chi connectivity index (χ1) is 3.00. The fourth-order valence-electron chi connectivity index (χ4n) is 0. The van der Waals surface area contributed by atoms with Gasteiger partial charge in [0.05, 0.1) is 0 Å². The van der Waals surface area contributed by atoms with E-state index in [0.29, 0.717) is 24.7 Å². The van der Waals surface area contributed by atoms with Crippen LogP contribution in [-0.4, -0.2) is 0 Å². The SMILES string of the molecule is Cl.[O-]Cl.[O-]Cl.[O]=[Zr+2]. The molecule has 0 saturated carbocycles. The monoisotopic (exact) mass is 244 g/mol. The maximum absolute atomic E-state index is 8.34. The molecule has 0 aromatic carbocycles. The third-order valence-electron chi connectivity index (χ3n) is 0. The quantitative estimate of drug-likeness (QED) is 0.568. The van der Waals surface area contributed by atoms with E-state index in [4.69, 9.17) is 12.1 Å². The molecule has 0 rings (SSSR count). The summed E-state index contributed by atoms with van der Waals surface area (Å²) in [5.41, 5.74) is 0. The fourth-order valence-corrected chi connectivity index (χ4v) is 0. The van der Waals surface area contributed by atoms with E-state index in [9.17, 15) is 0 Å². The van der Waals surface area contributed by atoms with Crippen molar-refractivity contribution in [1.29, 1.82) is 0 Å². The zero-order valence-corrected chi connectivity index (χ0v) is 7.68. The Morgan fingerprint density at radius 3 is 1.00 bits per heavy atom. The molecule has 0 saturated heterocycles. The van der Waals surface area contributed by atoms with E-state index in [0.717, 1.165) is 0 Å². The Morgan fingerprint density at radius 2 is 1.00 bits per heavy atom. The zero-order valence-electron chi connectivity index (χ0n) is 2.89. The van der Waals surface area contributed by atoms with Gasteiger partial charge in [-0.05, 0) is 0 Å². The van der Waals surface area contributed by atoms with Crippen LogP contribution in [-0.2, 0) is 27.5 Å². The molecule has 7 heteroatoms. The first-order valence-corrected chi connectivity index (χ1v) is 2.13. The molecule has 3 nitrogen and oxygen atoms in total. The number of rotatable bonds is 0. The predicted molar refractivity (Wildman–Crippen MR) is 19.6 cm³/mol. The molecule has 0 aliphatic heterocycles. The molecular weight excluding hydrogens is 246 g/mol. The van der Waals surface area contributed by atoms with E-state index >= 15 is 0 Å². The Bertz CT molecular complexity index is 10.1. The van der Waals surface area contributed by atoms with Crippen molar-refractivity contribution in [2.45, 2.75) is 0 Å². The van der Waals surface area contributed by atoms with Crippen LogP contribution in [0.2, 0.25) is 0 Å². The second-order valence-corrected chi connectivity index (χ2v) is 0. The van der Waals surface area contributed by atoms with Crippen LogP contribution in [0.15, 0.2) is 0 Å². The van der Waals surface area contributed by atoms with E-state index in [-0.39, 0.29) is 12.4 Å². The summed E-state index contributed by atoms with van der Waals surface area (Å²) < 4.78 is 23.8. The van der Waals surface area contributed by atoms with Gasteiger partial charge in [-0.1, -0.05) is 0 Å². The summed E-state index contributed by atoms with van der Waals surface area (Å²) >= 11 is 7.08. The van der Waals surface area contributed by atoms with Gasteiger partial charge >= 0.3 is 27.5 Å². The first-order valence-electron chi connectivity index (χ1n) is 0.513. The Balaban J connectivity index is -0.00000000900. The molecule has 0 spiro atoms. The van der Waals surface area contributed by atoms with Crippen LogP contribution < -0.4 is 9.32 Å². The minimum atomic E-state index is 0. The normalized spacial score (nSPS) is 2.57. The van der Waals surface area contributed by atoms with Crippen LogP contribution in [0.25, 0.3) is 0 Å². The number of hydrogen-bond acceptors (Lipinski definition) is 3. The van der Waals surface area contributed by atoms with E-state index in [1.54, 1.807) is 0 Å². The number of hydrogen-bond donors (Lipinski definition) is 0. The molecule has 0 atom stereocenters. The molecular formula is HCl3O3Zr. The topological polar surface area (TPSA) is 63.2 Å². The Labute approximate surface area is 72.7 Å². The maximum atomic E-state index is 8.34. The molecule has 0 aromatic heterocycles. The average molecular weight is 247 g/mol. The van der Waals surface area contributed by atoms with Gasteiger partial charge in [0.25, 0.3) is 0 Å². The molecule has 0 fully saturated rings. The molecule has 0 amide bonds. The molecule has 0 aliphatic carbocycles. The number of halogens is 3. The van der Waals surface area contributed by atoms with Crippen LogP contribution in [0.4, 0.5) is 0 Å². The van der Waals surface area contributed by atoms with Gasteiger partial charge in [-0.3, -0.25) is 0 Å². The molecule has 0 aromatic rings. The summed E-state index contributed by atoms with van der Waals surface area (Å²) in [6, 6.07) is 0. The molecule has 0 N–H and O–H groups in total. The van der Waals surface area contributed by atoms with E-state index < -0.39 is 0 Å². The van der Waals surface area contributed by atoms with Crippen molar-refractivity contribution in [1.82, 2.24) is 0 Å². The van der Waals surface area contributed by atoms with E-state index in [1.165, 1.54) is 0 Å². The molecule has 0 bridgehead atoms. The second kappa shape index (κ2) is 144. The van der Waals surface area contributed by atoms with Crippen LogP contribution in [0.3, 0.4) is 0 Å². The summed E-state index contributed by atoms with van der Waals surface area (Å²) in [6.07, 6.45) is 0. The summed E-state index contributed by atoms with van der Waals surface area (Å²) in [5.74, 6) is 0. The van der Waals surface area contributed by atoms with Gasteiger partial charge in [0, 0.05) is 0 Å². The van der Waals surface area contributed by atoms with E-state index in [2.05, 4.69) is 23.7 Å². The van der Waals surface area contributed by atoms with Crippen molar-refractivity contribution >= 4 is 36.1 Å². The summed E-state index contributed by atoms with van der Waals surface area (Å²) in [5, 5.41) is 0. The van der Waals surface area contributed by atoms with Crippen molar-refractivity contribution in [3.05, 3.63) is 0 Å². The van der Waals surface area contributed by atoms with Crippen molar-refractivity contribution in [2.24, 2.45) is 0 Å². The molecule has 7 heavy (non-hydrogen) atoms. The molecule has 0 heterocycles. The minimum absolute atomic E-state index is 0. The predicted octanol–water partition coefficient (Wildman–Crippen LogP) is -0.699. The van der Waals surface area contributed by atoms with Gasteiger partial charge in [0.1, 0.15) is 0 Å². The van der Waals surface area contributed by atoms with Crippen molar-refractivity contribution in [2.75, 3.05) is 0 Å². The molecule has 0 aliphatic rings. The third kappa shape index (κ3) is 103. The molecule has 44 valence electrons. The summed E-state index contributed by atoms with van der Waals surface area (Å²) in [4.78, 5) is 0. The Kier molecular flexibility index (Phi) is 488. The standard InChI is InChI=1S/2ClO.ClH.O.Zr/c2*1-2;;;/h;;1H;;/q2*-1;;;+2. The third-order valence-corrected chi connectivity index (χ3v) is 0. The molecule has 0 unspecified atom stereocenters. The van der Waals surface area contributed by atoms with Gasteiger partial charge in [0.15, 0.2) is 0 Å². The second-order valence-electron chi connectivity index (χ2n) is 0. The van der Waals surface area contributed by atoms with Gasteiger partial charge in [0.2, 0.25) is 0 Å². The Morgan fingerprint density at radius 1 is 1.00 bits per heavy atom. The summed E-state index contributed by atoms with van der Waals surface area (Å²) in [7, 11) is 0. The zero-order chi connectivity index (χ0) is 6.00. The van der Waals surface area contributed by atoms with Gasteiger partial charge in [-0.15, -0.1) is 12.4 Å². The first kappa shape index (κ1) is 23.6.